The molecule has 104 valence electrons. The van der Waals surface area contributed by atoms with Gasteiger partial charge in [0.05, 0.1) is 12.1 Å². The molecule has 20 heavy (non-hydrogen) atoms. The minimum atomic E-state index is -0.124. The smallest absolute Gasteiger partial charge is 0.251 e. The zero-order valence-electron chi connectivity index (χ0n) is 10.9. The lowest BCUT2D eigenvalue weighted by atomic mass is 10.1. The molecule has 1 fully saturated rings. The van der Waals surface area contributed by atoms with Crippen LogP contribution in [0, 0.1) is 5.41 Å². The number of nitrogens with zero attached hydrogens (tertiary/aromatic N) is 1. The van der Waals surface area contributed by atoms with Gasteiger partial charge in [-0.2, -0.15) is 0 Å². The number of benzene rings is 1. The Balaban J connectivity index is 1.76. The zero-order valence-corrected chi connectivity index (χ0v) is 11.7. The van der Waals surface area contributed by atoms with Gasteiger partial charge in [0.25, 0.3) is 5.91 Å². The Morgan fingerprint density at radius 2 is 2.15 bits per heavy atom. The molecule has 4 nitrogen and oxygen atoms in total. The average Bonchev–Trinajstić information content (AvgIpc) is 3.25. The molecule has 0 spiro atoms. The second-order valence-corrected chi connectivity index (χ2v) is 5.77. The van der Waals surface area contributed by atoms with Gasteiger partial charge in [-0.1, -0.05) is 11.6 Å². The van der Waals surface area contributed by atoms with Crippen molar-refractivity contribution >= 4 is 28.4 Å². The van der Waals surface area contributed by atoms with Crippen molar-refractivity contribution in [1.29, 1.82) is 0 Å². The van der Waals surface area contributed by atoms with Gasteiger partial charge in [-0.25, -0.2) is 4.98 Å². The van der Waals surface area contributed by atoms with Crippen LogP contribution in [0.2, 0.25) is 5.15 Å². The maximum atomic E-state index is 12.1. The lowest BCUT2D eigenvalue weighted by molar-refractivity contribution is 0.0935. The summed E-state index contributed by atoms with van der Waals surface area (Å²) in [7, 11) is 0. The minimum Gasteiger partial charge on any atom is -0.396 e. The highest BCUT2D eigenvalue weighted by molar-refractivity contribution is 6.29. The molecule has 0 unspecified atom stereocenters. The SMILES string of the molecule is O=C(NCC1(CO)CC1)c1ccc2nc(Cl)ccc2c1. The summed E-state index contributed by atoms with van der Waals surface area (Å²) >= 11 is 5.83. The van der Waals surface area contributed by atoms with Crippen LogP contribution < -0.4 is 5.32 Å². The number of rotatable bonds is 4. The Kier molecular flexibility index (Phi) is 3.36. The number of aliphatic hydroxyl groups excluding tert-OH is 1. The van der Waals surface area contributed by atoms with E-state index < -0.39 is 0 Å². The van der Waals surface area contributed by atoms with Crippen molar-refractivity contribution in [3.8, 4) is 0 Å². The van der Waals surface area contributed by atoms with Crippen LogP contribution in [0.5, 0.6) is 0 Å². The van der Waals surface area contributed by atoms with Crippen LogP contribution in [0.4, 0.5) is 0 Å². The molecule has 0 saturated heterocycles. The lowest BCUT2D eigenvalue weighted by Crippen LogP contribution is -2.31. The molecule has 0 radical (unpaired) electrons. The van der Waals surface area contributed by atoms with Gasteiger partial charge in [0.15, 0.2) is 0 Å². The fourth-order valence-corrected chi connectivity index (χ4v) is 2.33. The second-order valence-electron chi connectivity index (χ2n) is 5.38. The van der Waals surface area contributed by atoms with E-state index >= 15 is 0 Å². The zero-order chi connectivity index (χ0) is 14.2. The monoisotopic (exact) mass is 290 g/mol. The number of nitrogens with one attached hydrogen (secondary N) is 1. The normalized spacial score (nSPS) is 16.1. The van der Waals surface area contributed by atoms with Crippen LogP contribution >= 0.6 is 11.6 Å². The highest BCUT2D eigenvalue weighted by atomic mass is 35.5. The number of carbonyl (C=O) groups excluding carboxylic acids is 1. The lowest BCUT2D eigenvalue weighted by Gasteiger charge is -2.12. The fourth-order valence-electron chi connectivity index (χ4n) is 2.18. The second kappa shape index (κ2) is 5.04. The molecule has 1 heterocycles. The van der Waals surface area contributed by atoms with Gasteiger partial charge in [-0.3, -0.25) is 4.79 Å². The highest BCUT2D eigenvalue weighted by Gasteiger charge is 2.42. The number of halogens is 1. The summed E-state index contributed by atoms with van der Waals surface area (Å²) in [6, 6.07) is 8.87. The van der Waals surface area contributed by atoms with Crippen LogP contribution in [0.3, 0.4) is 0 Å². The number of aromatic nitrogens is 1. The fraction of sp³-hybridized carbons (Fsp3) is 0.333. The molecule has 1 aliphatic carbocycles. The molecule has 5 heteroatoms. The summed E-state index contributed by atoms with van der Waals surface area (Å²) in [6.07, 6.45) is 1.95. The number of fused-ring (bicyclic) bond motifs is 1. The highest BCUT2D eigenvalue weighted by Crippen LogP contribution is 2.44. The van der Waals surface area contributed by atoms with E-state index in [9.17, 15) is 9.90 Å². The topological polar surface area (TPSA) is 62.2 Å². The first-order valence-corrected chi connectivity index (χ1v) is 6.95. The van der Waals surface area contributed by atoms with Crippen LogP contribution in [-0.4, -0.2) is 29.1 Å². The van der Waals surface area contributed by atoms with Gasteiger partial charge in [0.2, 0.25) is 0 Å². The third-order valence-corrected chi connectivity index (χ3v) is 4.04. The molecule has 0 bridgehead atoms. The van der Waals surface area contributed by atoms with E-state index in [1.807, 2.05) is 6.07 Å². The molecule has 2 N–H and O–H groups in total. The average molecular weight is 291 g/mol. The molecule has 2 aromatic rings. The Morgan fingerprint density at radius 1 is 1.35 bits per heavy atom. The van der Waals surface area contributed by atoms with E-state index in [0.717, 1.165) is 23.7 Å². The van der Waals surface area contributed by atoms with Gasteiger partial charge < -0.3 is 10.4 Å². The Bertz CT molecular complexity index is 668. The maximum Gasteiger partial charge on any atom is 0.251 e. The standard InChI is InChI=1S/C15H15ClN2O2/c16-13-4-2-10-7-11(1-3-12(10)18-13)14(20)17-8-15(9-19)5-6-15/h1-4,7,19H,5-6,8-9H2,(H,17,20). The van der Waals surface area contributed by atoms with Gasteiger partial charge in [-0.05, 0) is 43.2 Å². The molecule has 1 aromatic heterocycles. The number of amides is 1. The number of aliphatic hydroxyl groups is 1. The van der Waals surface area contributed by atoms with Gasteiger partial charge in [0.1, 0.15) is 5.15 Å². The molecule has 0 aliphatic heterocycles. The van der Waals surface area contributed by atoms with Crippen molar-refractivity contribution in [3.05, 3.63) is 41.0 Å². The van der Waals surface area contributed by atoms with Crippen molar-refractivity contribution < 1.29 is 9.90 Å². The summed E-state index contributed by atoms with van der Waals surface area (Å²) in [4.78, 5) is 16.3. The van der Waals surface area contributed by atoms with Crippen LogP contribution in [0.1, 0.15) is 23.2 Å². The quantitative estimate of drug-likeness (QED) is 0.850. The molecule has 1 amide bonds. The third kappa shape index (κ3) is 2.62. The van der Waals surface area contributed by atoms with Crippen molar-refractivity contribution in [2.75, 3.05) is 13.2 Å². The molecule has 1 aliphatic rings. The van der Waals surface area contributed by atoms with Crippen LogP contribution in [0.15, 0.2) is 30.3 Å². The first-order valence-electron chi connectivity index (χ1n) is 6.57. The molecule has 1 saturated carbocycles. The predicted molar refractivity (Wildman–Crippen MR) is 77.8 cm³/mol. The van der Waals surface area contributed by atoms with E-state index in [1.54, 1.807) is 24.3 Å². The van der Waals surface area contributed by atoms with E-state index in [1.165, 1.54) is 0 Å². The first-order chi connectivity index (χ1) is 9.62. The Hall–Kier alpha value is -1.65. The van der Waals surface area contributed by atoms with Gasteiger partial charge in [0, 0.05) is 22.9 Å². The van der Waals surface area contributed by atoms with Gasteiger partial charge in [-0.15, -0.1) is 0 Å². The molecule has 0 atom stereocenters. The minimum absolute atomic E-state index is 0.0818. The van der Waals surface area contributed by atoms with Gasteiger partial charge >= 0.3 is 0 Å². The summed E-state index contributed by atoms with van der Waals surface area (Å²) in [5.74, 6) is -0.124. The first kappa shape index (κ1) is 13.3. The van der Waals surface area contributed by atoms with Crippen LogP contribution in [-0.2, 0) is 0 Å². The van der Waals surface area contributed by atoms with Crippen molar-refractivity contribution in [2.24, 2.45) is 5.41 Å². The number of carbonyl (C=O) groups is 1. The van der Waals surface area contributed by atoms with E-state index in [2.05, 4.69) is 10.3 Å². The molecule has 3 rings (SSSR count). The number of pyridine rings is 1. The summed E-state index contributed by atoms with van der Waals surface area (Å²) in [5, 5.41) is 13.4. The van der Waals surface area contributed by atoms with Crippen molar-refractivity contribution in [2.45, 2.75) is 12.8 Å². The van der Waals surface area contributed by atoms with Crippen LogP contribution in [0.25, 0.3) is 10.9 Å². The Morgan fingerprint density at radius 3 is 2.85 bits per heavy atom. The Labute approximate surface area is 121 Å². The third-order valence-electron chi connectivity index (χ3n) is 3.83. The summed E-state index contributed by atoms with van der Waals surface area (Å²) < 4.78 is 0. The summed E-state index contributed by atoms with van der Waals surface area (Å²) in [6.45, 7) is 0.659. The van der Waals surface area contributed by atoms with Crippen molar-refractivity contribution in [1.82, 2.24) is 10.3 Å². The maximum absolute atomic E-state index is 12.1. The number of hydrogen-bond donors (Lipinski definition) is 2. The predicted octanol–water partition coefficient (Wildman–Crippen LogP) is 2.39. The molecule has 1 aromatic carbocycles. The molecular weight excluding hydrogens is 276 g/mol. The van der Waals surface area contributed by atoms with E-state index in [4.69, 9.17) is 11.6 Å². The largest absolute Gasteiger partial charge is 0.396 e. The summed E-state index contributed by atoms with van der Waals surface area (Å²) in [5.41, 5.74) is 1.28. The number of hydrogen-bond acceptors (Lipinski definition) is 3. The van der Waals surface area contributed by atoms with E-state index in [0.29, 0.717) is 17.3 Å². The van der Waals surface area contributed by atoms with Crippen molar-refractivity contribution in [3.63, 3.8) is 0 Å². The molecular formula is C15H15ClN2O2. The van der Waals surface area contributed by atoms with E-state index in [-0.39, 0.29) is 17.9 Å².